The predicted octanol–water partition coefficient (Wildman–Crippen LogP) is 3.01. The first kappa shape index (κ1) is 21.9. The fourth-order valence-electron chi connectivity index (χ4n) is 4.84. The molecule has 1 aliphatic carbocycles. The first-order chi connectivity index (χ1) is 16.9. The maximum Gasteiger partial charge on any atom is 0.247 e. The lowest BCUT2D eigenvalue weighted by Crippen LogP contribution is -2.40. The monoisotopic (exact) mass is 478 g/mol. The molecule has 2 N–H and O–H groups in total. The van der Waals surface area contributed by atoms with Gasteiger partial charge in [0, 0.05) is 43.3 Å². The third kappa shape index (κ3) is 4.20. The van der Waals surface area contributed by atoms with Gasteiger partial charge in [-0.3, -0.25) is 9.48 Å². The molecule has 182 valence electrons. The van der Waals surface area contributed by atoms with Crippen LogP contribution in [0.1, 0.15) is 44.0 Å². The molecule has 3 aromatic rings. The molecule has 1 unspecified atom stereocenters. The molecule has 0 bridgehead atoms. The SMILES string of the molecule is CC(C)n1ccc(Nc2nc(N3CCC[C@@H]3C(=O)Nc3ccc(F)nc3)nc3c2CC2(CO2)C3)n1. The zero-order valence-electron chi connectivity index (χ0n) is 19.7. The van der Waals surface area contributed by atoms with Gasteiger partial charge in [-0.05, 0) is 38.8 Å². The van der Waals surface area contributed by atoms with E-state index in [-0.39, 0.29) is 17.6 Å². The molecule has 6 rings (SSSR count). The van der Waals surface area contributed by atoms with E-state index in [2.05, 4.69) is 34.6 Å². The van der Waals surface area contributed by atoms with E-state index in [1.54, 1.807) is 0 Å². The van der Waals surface area contributed by atoms with Crippen LogP contribution in [0.3, 0.4) is 0 Å². The van der Waals surface area contributed by atoms with Crippen LogP contribution in [0.5, 0.6) is 0 Å². The number of carbonyl (C=O) groups excluding carboxylic acids is 1. The lowest BCUT2D eigenvalue weighted by Gasteiger charge is -2.25. The Morgan fingerprint density at radius 2 is 2.11 bits per heavy atom. The normalized spacial score (nSPS) is 22.6. The van der Waals surface area contributed by atoms with Crippen LogP contribution in [0.4, 0.5) is 27.7 Å². The minimum absolute atomic E-state index is 0.166. The van der Waals surface area contributed by atoms with Crippen molar-refractivity contribution in [3.05, 3.63) is 47.8 Å². The van der Waals surface area contributed by atoms with Crippen LogP contribution in [0.2, 0.25) is 0 Å². The van der Waals surface area contributed by atoms with Gasteiger partial charge in [0.1, 0.15) is 17.5 Å². The summed E-state index contributed by atoms with van der Waals surface area (Å²) >= 11 is 0. The van der Waals surface area contributed by atoms with Crippen LogP contribution < -0.4 is 15.5 Å². The summed E-state index contributed by atoms with van der Waals surface area (Å²) in [6.07, 6.45) is 6.26. The van der Waals surface area contributed by atoms with E-state index < -0.39 is 12.0 Å². The Balaban J connectivity index is 1.29. The van der Waals surface area contributed by atoms with Crippen molar-refractivity contribution >= 4 is 29.2 Å². The number of carbonyl (C=O) groups is 1. The highest BCUT2D eigenvalue weighted by Gasteiger charge is 2.51. The van der Waals surface area contributed by atoms with E-state index >= 15 is 0 Å². The molecule has 0 aromatic carbocycles. The number of nitrogens with zero attached hydrogens (tertiary/aromatic N) is 6. The number of epoxide rings is 1. The first-order valence-electron chi connectivity index (χ1n) is 11.9. The summed E-state index contributed by atoms with van der Waals surface area (Å²) < 4.78 is 20.8. The number of aromatic nitrogens is 5. The zero-order valence-corrected chi connectivity index (χ0v) is 19.7. The van der Waals surface area contributed by atoms with Crippen LogP contribution in [0, 0.1) is 5.95 Å². The number of fused-ring (bicyclic) bond motifs is 1. The molecule has 1 spiro atoms. The molecular formula is C24H27FN8O2. The highest BCUT2D eigenvalue weighted by atomic mass is 19.1. The predicted molar refractivity (Wildman–Crippen MR) is 127 cm³/mol. The van der Waals surface area contributed by atoms with E-state index in [1.165, 1.54) is 18.3 Å². The number of halogens is 1. The summed E-state index contributed by atoms with van der Waals surface area (Å²) in [5.74, 6) is 1.16. The van der Waals surface area contributed by atoms with E-state index in [0.29, 0.717) is 36.2 Å². The summed E-state index contributed by atoms with van der Waals surface area (Å²) in [6, 6.07) is 4.47. The van der Waals surface area contributed by atoms with Crippen LogP contribution in [0.15, 0.2) is 30.6 Å². The Morgan fingerprint density at radius 1 is 1.26 bits per heavy atom. The summed E-state index contributed by atoms with van der Waals surface area (Å²) in [6.45, 7) is 5.54. The molecule has 2 atom stereocenters. The highest BCUT2D eigenvalue weighted by molar-refractivity contribution is 5.96. The average Bonchev–Trinajstić information content (AvgIpc) is 3.21. The Labute approximate surface area is 201 Å². The smallest absolute Gasteiger partial charge is 0.247 e. The second kappa shape index (κ2) is 8.26. The molecule has 35 heavy (non-hydrogen) atoms. The largest absolute Gasteiger partial charge is 0.369 e. The third-order valence-electron chi connectivity index (χ3n) is 6.81. The number of amides is 1. The van der Waals surface area contributed by atoms with Gasteiger partial charge in [-0.15, -0.1) is 0 Å². The van der Waals surface area contributed by atoms with Crippen LogP contribution in [0.25, 0.3) is 0 Å². The van der Waals surface area contributed by atoms with Gasteiger partial charge in [0.2, 0.25) is 17.8 Å². The third-order valence-corrected chi connectivity index (χ3v) is 6.81. The number of rotatable bonds is 6. The molecular weight excluding hydrogens is 451 g/mol. The molecule has 5 heterocycles. The minimum Gasteiger partial charge on any atom is -0.369 e. The maximum absolute atomic E-state index is 13.1. The Bertz CT molecular complexity index is 1270. The Kier molecular flexibility index (Phi) is 5.17. The zero-order chi connectivity index (χ0) is 24.2. The van der Waals surface area contributed by atoms with Crippen molar-refractivity contribution in [2.24, 2.45) is 0 Å². The number of hydrogen-bond donors (Lipinski definition) is 2. The summed E-state index contributed by atoms with van der Waals surface area (Å²) in [5.41, 5.74) is 2.28. The number of anilines is 4. The first-order valence-corrected chi connectivity index (χ1v) is 11.9. The summed E-state index contributed by atoms with van der Waals surface area (Å²) in [5, 5.41) is 10.8. The molecule has 3 aliphatic rings. The molecule has 2 fully saturated rings. The van der Waals surface area contributed by atoms with E-state index in [0.717, 1.165) is 37.1 Å². The van der Waals surface area contributed by atoms with Gasteiger partial charge in [0.25, 0.3) is 0 Å². The van der Waals surface area contributed by atoms with E-state index in [9.17, 15) is 9.18 Å². The highest BCUT2D eigenvalue weighted by Crippen LogP contribution is 2.44. The van der Waals surface area contributed by atoms with Crippen molar-refractivity contribution < 1.29 is 13.9 Å². The summed E-state index contributed by atoms with van der Waals surface area (Å²) in [7, 11) is 0. The molecule has 11 heteroatoms. The number of ether oxygens (including phenoxy) is 1. The molecule has 0 radical (unpaired) electrons. The van der Waals surface area contributed by atoms with Crippen molar-refractivity contribution in [3.63, 3.8) is 0 Å². The lowest BCUT2D eigenvalue weighted by molar-refractivity contribution is -0.117. The molecule has 10 nitrogen and oxygen atoms in total. The van der Waals surface area contributed by atoms with Crippen LogP contribution in [-0.4, -0.2) is 55.4 Å². The van der Waals surface area contributed by atoms with Crippen LogP contribution in [-0.2, 0) is 22.4 Å². The molecule has 0 saturated carbocycles. The lowest BCUT2D eigenvalue weighted by atomic mass is 10.1. The van der Waals surface area contributed by atoms with Crippen LogP contribution >= 0.6 is 0 Å². The Morgan fingerprint density at radius 3 is 2.83 bits per heavy atom. The Hall–Kier alpha value is -3.60. The average molecular weight is 479 g/mol. The van der Waals surface area contributed by atoms with Crippen molar-refractivity contribution in [1.29, 1.82) is 0 Å². The standard InChI is InChI=1S/C24H27FN8O2/c1-14(2)33-9-7-20(31-33)29-21-16-10-24(13-35-24)11-17(16)28-23(30-21)32-8-3-4-18(32)22(34)27-15-5-6-19(25)26-12-15/h5-7,9,12,14,18H,3-4,8,10-11,13H2,1-2H3,(H,27,34)(H,28,29,30,31)/t18-,24?/m1/s1. The van der Waals surface area contributed by atoms with Crippen molar-refractivity contribution in [1.82, 2.24) is 24.7 Å². The second-order valence-electron chi connectivity index (χ2n) is 9.73. The number of nitrogens with one attached hydrogen (secondary N) is 2. The van der Waals surface area contributed by atoms with Crippen molar-refractivity contribution in [2.45, 2.75) is 57.2 Å². The van der Waals surface area contributed by atoms with Gasteiger partial charge in [-0.2, -0.15) is 14.5 Å². The van der Waals surface area contributed by atoms with E-state index in [4.69, 9.17) is 14.7 Å². The van der Waals surface area contributed by atoms with Crippen molar-refractivity contribution in [2.75, 3.05) is 28.7 Å². The molecule has 3 aromatic heterocycles. The topological polar surface area (TPSA) is 113 Å². The van der Waals surface area contributed by atoms with E-state index in [1.807, 2.05) is 21.8 Å². The van der Waals surface area contributed by atoms with Gasteiger partial charge in [-0.1, -0.05) is 0 Å². The fraction of sp³-hybridized carbons (Fsp3) is 0.458. The van der Waals surface area contributed by atoms with Crippen molar-refractivity contribution in [3.8, 4) is 0 Å². The number of pyridine rings is 1. The summed E-state index contributed by atoms with van der Waals surface area (Å²) in [4.78, 5) is 28.4. The quantitative estimate of drug-likeness (QED) is 0.411. The number of hydrogen-bond acceptors (Lipinski definition) is 8. The molecule has 1 amide bonds. The molecule has 2 aliphatic heterocycles. The maximum atomic E-state index is 13.1. The van der Waals surface area contributed by atoms with Gasteiger partial charge in [-0.25, -0.2) is 9.97 Å². The fourth-order valence-corrected chi connectivity index (χ4v) is 4.84. The van der Waals surface area contributed by atoms with Gasteiger partial charge >= 0.3 is 0 Å². The van der Waals surface area contributed by atoms with Gasteiger partial charge in [0.05, 0.1) is 24.2 Å². The van der Waals surface area contributed by atoms with Gasteiger partial charge in [0.15, 0.2) is 5.82 Å². The molecule has 2 saturated heterocycles. The van der Waals surface area contributed by atoms with Gasteiger partial charge < -0.3 is 20.3 Å². The second-order valence-corrected chi connectivity index (χ2v) is 9.73. The minimum atomic E-state index is -0.590.